The SMILES string of the molecule is CN1CCc2cc(Cl)c(C(C)(C)C)cc2[C@H]2c3ccccc3CC[C@@H]21. The summed E-state index contributed by atoms with van der Waals surface area (Å²) in [5.74, 6) is 0.464. The first-order chi connectivity index (χ1) is 11.9. The number of hydrogen-bond donors (Lipinski definition) is 0. The minimum atomic E-state index is 0.0635. The molecular weight excluding hydrogens is 326 g/mol. The van der Waals surface area contributed by atoms with Gasteiger partial charge in [0.1, 0.15) is 0 Å². The molecule has 2 heteroatoms. The molecule has 132 valence electrons. The first-order valence-corrected chi connectivity index (χ1v) is 9.85. The number of nitrogens with zero attached hydrogens (tertiary/aromatic N) is 1. The van der Waals surface area contributed by atoms with Crippen LogP contribution in [0.4, 0.5) is 0 Å². The van der Waals surface area contributed by atoms with Gasteiger partial charge in [0.05, 0.1) is 0 Å². The van der Waals surface area contributed by atoms with E-state index in [2.05, 4.69) is 69.1 Å². The lowest BCUT2D eigenvalue weighted by molar-refractivity contribution is 0.214. The maximum atomic E-state index is 6.70. The van der Waals surface area contributed by atoms with Crippen LogP contribution in [0, 0.1) is 0 Å². The fourth-order valence-electron chi connectivity index (χ4n) is 4.77. The van der Waals surface area contributed by atoms with Crippen molar-refractivity contribution in [1.29, 1.82) is 0 Å². The molecular formula is C23H28ClN. The highest BCUT2D eigenvalue weighted by Gasteiger charge is 2.37. The number of rotatable bonds is 0. The molecule has 1 nitrogen and oxygen atoms in total. The van der Waals surface area contributed by atoms with E-state index in [-0.39, 0.29) is 5.41 Å². The van der Waals surface area contributed by atoms with E-state index >= 15 is 0 Å². The van der Waals surface area contributed by atoms with Crippen LogP contribution in [0.2, 0.25) is 5.02 Å². The highest BCUT2D eigenvalue weighted by Crippen LogP contribution is 2.44. The Labute approximate surface area is 157 Å². The van der Waals surface area contributed by atoms with Gasteiger partial charge in [0.25, 0.3) is 0 Å². The lowest BCUT2D eigenvalue weighted by atomic mass is 9.73. The van der Waals surface area contributed by atoms with Gasteiger partial charge in [-0.2, -0.15) is 0 Å². The van der Waals surface area contributed by atoms with Gasteiger partial charge in [-0.25, -0.2) is 0 Å². The van der Waals surface area contributed by atoms with E-state index in [1.165, 1.54) is 40.7 Å². The molecule has 0 saturated carbocycles. The lowest BCUT2D eigenvalue weighted by Crippen LogP contribution is -2.39. The van der Waals surface area contributed by atoms with Crippen molar-refractivity contribution in [2.75, 3.05) is 13.6 Å². The Bertz CT molecular complexity index is 802. The van der Waals surface area contributed by atoms with Crippen LogP contribution in [0.15, 0.2) is 36.4 Å². The molecule has 0 bridgehead atoms. The van der Waals surface area contributed by atoms with Gasteiger partial charge in [0.2, 0.25) is 0 Å². The number of benzene rings is 2. The van der Waals surface area contributed by atoms with Gasteiger partial charge in [-0.3, -0.25) is 0 Å². The fourth-order valence-corrected chi connectivity index (χ4v) is 5.24. The lowest BCUT2D eigenvalue weighted by Gasteiger charge is -2.38. The molecule has 0 N–H and O–H groups in total. The molecule has 25 heavy (non-hydrogen) atoms. The molecule has 0 saturated heterocycles. The predicted octanol–water partition coefficient (Wildman–Crippen LogP) is 5.57. The summed E-state index contributed by atoms with van der Waals surface area (Å²) in [6.07, 6.45) is 3.52. The second kappa shape index (κ2) is 6.14. The van der Waals surface area contributed by atoms with Crippen molar-refractivity contribution >= 4 is 11.6 Å². The number of hydrogen-bond acceptors (Lipinski definition) is 1. The molecule has 1 heterocycles. The summed E-state index contributed by atoms with van der Waals surface area (Å²) in [7, 11) is 2.30. The maximum absolute atomic E-state index is 6.70. The molecule has 0 fully saturated rings. The third kappa shape index (κ3) is 2.92. The van der Waals surface area contributed by atoms with Crippen molar-refractivity contribution in [2.45, 2.75) is 57.4 Å². The third-order valence-corrected chi connectivity index (χ3v) is 6.47. The van der Waals surface area contributed by atoms with E-state index in [1.807, 2.05) is 0 Å². The minimum Gasteiger partial charge on any atom is -0.302 e. The Hall–Kier alpha value is -1.31. The highest BCUT2D eigenvalue weighted by atomic mass is 35.5. The van der Waals surface area contributed by atoms with Crippen molar-refractivity contribution in [1.82, 2.24) is 4.90 Å². The Kier molecular flexibility index (Phi) is 4.21. The zero-order valence-electron chi connectivity index (χ0n) is 15.8. The molecule has 0 amide bonds. The van der Waals surface area contributed by atoms with Crippen LogP contribution < -0.4 is 0 Å². The average Bonchev–Trinajstić information content (AvgIpc) is 2.70. The van der Waals surface area contributed by atoms with Crippen molar-refractivity contribution < 1.29 is 0 Å². The number of aryl methyl sites for hydroxylation is 1. The highest BCUT2D eigenvalue weighted by molar-refractivity contribution is 6.31. The quantitative estimate of drug-likeness (QED) is 0.598. The third-order valence-electron chi connectivity index (χ3n) is 6.16. The standard InChI is InChI=1S/C23H28ClN/c1-23(2,3)19-14-18-16(13-20(19)24)11-12-25(4)21-10-9-15-7-5-6-8-17(15)22(18)21/h5-8,13-14,21-22H,9-12H2,1-4H3/t21-,22+/m0/s1. The summed E-state index contributed by atoms with van der Waals surface area (Å²) in [6.45, 7) is 7.89. The van der Waals surface area contributed by atoms with E-state index in [1.54, 1.807) is 0 Å². The monoisotopic (exact) mass is 353 g/mol. The van der Waals surface area contributed by atoms with Gasteiger partial charge >= 0.3 is 0 Å². The largest absolute Gasteiger partial charge is 0.302 e. The van der Waals surface area contributed by atoms with Crippen LogP contribution in [-0.2, 0) is 18.3 Å². The first kappa shape index (κ1) is 17.1. The van der Waals surface area contributed by atoms with Crippen molar-refractivity contribution in [3.8, 4) is 0 Å². The normalized spacial score (nSPS) is 23.4. The van der Waals surface area contributed by atoms with E-state index < -0.39 is 0 Å². The van der Waals surface area contributed by atoms with Gasteiger partial charge in [-0.1, -0.05) is 62.7 Å². The van der Waals surface area contributed by atoms with Gasteiger partial charge in [-0.15, -0.1) is 0 Å². The molecule has 1 aliphatic heterocycles. The van der Waals surface area contributed by atoms with E-state index in [0.29, 0.717) is 12.0 Å². The van der Waals surface area contributed by atoms with Crippen LogP contribution in [-0.4, -0.2) is 24.5 Å². The van der Waals surface area contributed by atoms with E-state index in [9.17, 15) is 0 Å². The zero-order valence-corrected chi connectivity index (χ0v) is 16.5. The molecule has 0 radical (unpaired) electrons. The summed E-state index contributed by atoms with van der Waals surface area (Å²) in [6, 6.07) is 14.3. The van der Waals surface area contributed by atoms with Crippen molar-refractivity contribution in [3.63, 3.8) is 0 Å². The topological polar surface area (TPSA) is 3.24 Å². The molecule has 2 atom stereocenters. The van der Waals surface area contributed by atoms with Crippen LogP contribution in [0.1, 0.15) is 60.9 Å². The summed E-state index contributed by atoms with van der Waals surface area (Å²) >= 11 is 6.70. The van der Waals surface area contributed by atoms with Crippen LogP contribution in [0.5, 0.6) is 0 Å². The molecule has 2 aromatic rings. The fraction of sp³-hybridized carbons (Fsp3) is 0.478. The zero-order chi connectivity index (χ0) is 17.8. The molecule has 0 aromatic heterocycles. The number of halogens is 1. The Balaban J connectivity index is 1.95. The Morgan fingerprint density at radius 3 is 2.52 bits per heavy atom. The Morgan fingerprint density at radius 1 is 1.00 bits per heavy atom. The molecule has 0 spiro atoms. The van der Waals surface area contributed by atoms with Crippen LogP contribution in [0.25, 0.3) is 0 Å². The first-order valence-electron chi connectivity index (χ1n) is 9.47. The molecule has 1 aliphatic carbocycles. The summed E-state index contributed by atoms with van der Waals surface area (Å²) in [5, 5.41) is 0.927. The summed E-state index contributed by atoms with van der Waals surface area (Å²) < 4.78 is 0. The number of likely N-dealkylation sites (N-methyl/N-ethyl adjacent to an activating group) is 1. The van der Waals surface area contributed by atoms with Gasteiger partial charge in [0.15, 0.2) is 0 Å². The van der Waals surface area contributed by atoms with Crippen LogP contribution in [0.3, 0.4) is 0 Å². The second-order valence-electron chi connectivity index (χ2n) is 8.79. The molecule has 2 aliphatic rings. The number of fused-ring (bicyclic) bond motifs is 5. The van der Waals surface area contributed by atoms with Crippen LogP contribution >= 0.6 is 11.6 Å². The molecule has 4 rings (SSSR count). The second-order valence-corrected chi connectivity index (χ2v) is 9.20. The maximum Gasteiger partial charge on any atom is 0.0446 e. The van der Waals surface area contributed by atoms with E-state index in [4.69, 9.17) is 11.6 Å². The summed E-state index contributed by atoms with van der Waals surface area (Å²) in [4.78, 5) is 2.57. The Morgan fingerprint density at radius 2 is 1.76 bits per heavy atom. The smallest absolute Gasteiger partial charge is 0.0446 e. The van der Waals surface area contributed by atoms with Gasteiger partial charge in [-0.05, 0) is 65.6 Å². The van der Waals surface area contributed by atoms with Gasteiger partial charge < -0.3 is 4.90 Å². The molecule has 2 aromatic carbocycles. The predicted molar refractivity (Wildman–Crippen MR) is 107 cm³/mol. The minimum absolute atomic E-state index is 0.0635. The summed E-state index contributed by atoms with van der Waals surface area (Å²) in [5.41, 5.74) is 7.34. The molecule has 0 unspecified atom stereocenters. The van der Waals surface area contributed by atoms with E-state index in [0.717, 1.165) is 18.0 Å². The average molecular weight is 354 g/mol. The van der Waals surface area contributed by atoms with Crippen molar-refractivity contribution in [3.05, 3.63) is 69.2 Å². The van der Waals surface area contributed by atoms with Crippen molar-refractivity contribution in [2.24, 2.45) is 0 Å². The van der Waals surface area contributed by atoms with Gasteiger partial charge in [0, 0.05) is 23.5 Å².